The van der Waals surface area contributed by atoms with E-state index >= 15 is 0 Å². The number of hydrogen-bond acceptors (Lipinski definition) is 4. The second-order valence-electron chi connectivity index (χ2n) is 4.82. The molecule has 0 aliphatic heterocycles. The Kier molecular flexibility index (Phi) is 4.86. The zero-order valence-corrected chi connectivity index (χ0v) is 14.4. The van der Waals surface area contributed by atoms with E-state index in [0.717, 1.165) is 14.8 Å². The summed E-state index contributed by atoms with van der Waals surface area (Å²) in [6, 6.07) is 11.3. The number of aromatic nitrogens is 4. The number of carbonyl (C=O) groups excluding carboxylic acids is 1. The van der Waals surface area contributed by atoms with Gasteiger partial charge in [-0.05, 0) is 47.7 Å². The molecule has 1 aromatic heterocycles. The summed E-state index contributed by atoms with van der Waals surface area (Å²) < 4.78 is 14.5. The first-order valence-corrected chi connectivity index (χ1v) is 7.97. The Balaban J connectivity index is 1.69. The lowest BCUT2D eigenvalue weighted by Gasteiger charge is -2.06. The quantitative estimate of drug-likeness (QED) is 0.714. The topological polar surface area (TPSA) is 72.7 Å². The predicted molar refractivity (Wildman–Crippen MR) is 91.0 cm³/mol. The number of nitrogens with zero attached hydrogens (tertiary/aromatic N) is 4. The monoisotopic (exact) mass is 409 g/mol. The van der Waals surface area contributed by atoms with Gasteiger partial charge in [0.2, 0.25) is 11.7 Å². The van der Waals surface area contributed by atoms with Crippen molar-refractivity contribution in [3.8, 4) is 11.4 Å². The normalized spacial score (nSPS) is 10.6. The average Bonchev–Trinajstić information content (AvgIpc) is 3.00. The smallest absolute Gasteiger partial charge is 0.248 e. The number of rotatable bonds is 4. The third-order valence-electron chi connectivity index (χ3n) is 3.04. The molecular weight excluding hydrogens is 401 g/mol. The molecule has 2 aromatic carbocycles. The predicted octanol–water partition coefficient (Wildman–Crippen LogP) is 3.53. The fourth-order valence-corrected chi connectivity index (χ4v) is 2.37. The molecule has 0 bridgehead atoms. The van der Waals surface area contributed by atoms with Crippen LogP contribution in [0, 0.1) is 5.82 Å². The summed E-state index contributed by atoms with van der Waals surface area (Å²) in [5, 5.41) is 14.6. The van der Waals surface area contributed by atoms with Gasteiger partial charge in [0, 0.05) is 15.1 Å². The van der Waals surface area contributed by atoms with Crippen LogP contribution in [0.2, 0.25) is 5.02 Å². The van der Waals surface area contributed by atoms with Gasteiger partial charge in [0.05, 0.1) is 5.69 Å². The van der Waals surface area contributed by atoms with Crippen molar-refractivity contribution >= 4 is 39.1 Å². The van der Waals surface area contributed by atoms with E-state index in [1.54, 1.807) is 0 Å². The molecule has 3 aromatic rings. The molecule has 3 rings (SSSR count). The van der Waals surface area contributed by atoms with Crippen molar-refractivity contribution in [1.29, 1.82) is 0 Å². The molecule has 1 N–H and O–H groups in total. The van der Waals surface area contributed by atoms with E-state index in [2.05, 4.69) is 36.7 Å². The van der Waals surface area contributed by atoms with Gasteiger partial charge in [-0.15, -0.1) is 10.2 Å². The molecule has 0 spiro atoms. The van der Waals surface area contributed by atoms with E-state index in [1.807, 2.05) is 24.3 Å². The van der Waals surface area contributed by atoms with Crippen LogP contribution in [0.1, 0.15) is 0 Å². The summed E-state index contributed by atoms with van der Waals surface area (Å²) in [5.74, 6) is -0.671. The zero-order valence-electron chi connectivity index (χ0n) is 12.1. The van der Waals surface area contributed by atoms with Gasteiger partial charge in [-0.3, -0.25) is 4.79 Å². The van der Waals surface area contributed by atoms with Gasteiger partial charge in [0.1, 0.15) is 12.4 Å². The molecular formula is C15H10BrClFN5O. The lowest BCUT2D eigenvalue weighted by atomic mass is 10.2. The highest BCUT2D eigenvalue weighted by molar-refractivity contribution is 9.10. The van der Waals surface area contributed by atoms with Gasteiger partial charge in [0.25, 0.3) is 0 Å². The first-order chi connectivity index (χ1) is 11.5. The maximum Gasteiger partial charge on any atom is 0.248 e. The van der Waals surface area contributed by atoms with Gasteiger partial charge in [0.15, 0.2) is 0 Å². The van der Waals surface area contributed by atoms with Crippen LogP contribution in [0.5, 0.6) is 0 Å². The van der Waals surface area contributed by atoms with Crippen molar-refractivity contribution in [2.45, 2.75) is 6.54 Å². The molecule has 0 saturated heterocycles. The van der Waals surface area contributed by atoms with Crippen LogP contribution in [0.15, 0.2) is 46.9 Å². The van der Waals surface area contributed by atoms with Gasteiger partial charge < -0.3 is 5.32 Å². The van der Waals surface area contributed by atoms with Crippen molar-refractivity contribution in [2.24, 2.45) is 0 Å². The number of tetrazole rings is 1. The molecule has 1 amide bonds. The molecule has 0 aliphatic carbocycles. The summed E-state index contributed by atoms with van der Waals surface area (Å²) in [4.78, 5) is 13.1. The Morgan fingerprint density at radius 3 is 2.75 bits per heavy atom. The SMILES string of the molecule is O=C(Cn1nnc(-c2ccc(Br)cc2)n1)Nc1cc(Cl)ccc1F. The Morgan fingerprint density at radius 2 is 2.00 bits per heavy atom. The minimum atomic E-state index is -0.574. The first kappa shape index (κ1) is 16.5. The molecule has 0 fully saturated rings. The second-order valence-corrected chi connectivity index (χ2v) is 6.17. The number of carbonyl (C=O) groups is 1. The van der Waals surface area contributed by atoms with Crippen LogP contribution < -0.4 is 5.32 Å². The number of halogens is 3. The summed E-state index contributed by atoms with van der Waals surface area (Å²) in [6.07, 6.45) is 0. The number of anilines is 1. The van der Waals surface area contributed by atoms with Crippen LogP contribution >= 0.6 is 27.5 Å². The minimum Gasteiger partial charge on any atom is -0.322 e. The maximum atomic E-state index is 13.6. The lowest BCUT2D eigenvalue weighted by molar-refractivity contribution is -0.117. The van der Waals surface area contributed by atoms with Crippen LogP contribution in [0.25, 0.3) is 11.4 Å². The Morgan fingerprint density at radius 1 is 1.25 bits per heavy atom. The standard InChI is InChI=1S/C15H10BrClFN5O/c16-10-3-1-9(2-4-10)15-20-22-23(21-15)8-14(24)19-13-7-11(17)5-6-12(13)18/h1-7H,8H2,(H,19,24). The number of amides is 1. The lowest BCUT2D eigenvalue weighted by Crippen LogP contribution is -2.21. The number of nitrogens with one attached hydrogen (secondary N) is 1. The van der Waals surface area contributed by atoms with E-state index in [9.17, 15) is 9.18 Å². The summed E-state index contributed by atoms with van der Waals surface area (Å²) in [6.45, 7) is -0.199. The van der Waals surface area contributed by atoms with Crippen molar-refractivity contribution in [3.63, 3.8) is 0 Å². The zero-order chi connectivity index (χ0) is 17.1. The first-order valence-electron chi connectivity index (χ1n) is 6.80. The van der Waals surface area contributed by atoms with Crippen LogP contribution in [0.4, 0.5) is 10.1 Å². The Bertz CT molecular complexity index is 884. The summed E-state index contributed by atoms with van der Waals surface area (Å²) in [5.41, 5.74) is 0.770. The third-order valence-corrected chi connectivity index (χ3v) is 3.81. The molecule has 9 heteroatoms. The van der Waals surface area contributed by atoms with Crippen molar-refractivity contribution < 1.29 is 9.18 Å². The van der Waals surface area contributed by atoms with E-state index in [1.165, 1.54) is 18.2 Å². The molecule has 1 heterocycles. The third kappa shape index (κ3) is 3.95. The van der Waals surface area contributed by atoms with E-state index in [-0.39, 0.29) is 12.2 Å². The highest BCUT2D eigenvalue weighted by Gasteiger charge is 2.11. The van der Waals surface area contributed by atoms with E-state index in [0.29, 0.717) is 10.8 Å². The molecule has 6 nitrogen and oxygen atoms in total. The maximum absolute atomic E-state index is 13.6. The largest absolute Gasteiger partial charge is 0.322 e. The van der Waals surface area contributed by atoms with E-state index in [4.69, 9.17) is 11.6 Å². The number of hydrogen-bond donors (Lipinski definition) is 1. The Labute approximate surface area is 149 Å². The summed E-state index contributed by atoms with van der Waals surface area (Å²) >= 11 is 9.13. The van der Waals surface area contributed by atoms with Crippen LogP contribution in [-0.2, 0) is 11.3 Å². The minimum absolute atomic E-state index is 0.000693. The summed E-state index contributed by atoms with van der Waals surface area (Å²) in [7, 11) is 0. The fourth-order valence-electron chi connectivity index (χ4n) is 1.94. The highest BCUT2D eigenvalue weighted by atomic mass is 79.9. The molecule has 24 heavy (non-hydrogen) atoms. The van der Waals surface area contributed by atoms with Gasteiger partial charge in [-0.25, -0.2) is 4.39 Å². The van der Waals surface area contributed by atoms with Crippen molar-refractivity contribution in [2.75, 3.05) is 5.32 Å². The van der Waals surface area contributed by atoms with Gasteiger partial charge in [-0.2, -0.15) is 4.80 Å². The molecule has 0 radical (unpaired) electrons. The number of benzene rings is 2. The van der Waals surface area contributed by atoms with Crippen molar-refractivity contribution in [1.82, 2.24) is 20.2 Å². The Hall–Kier alpha value is -2.32. The highest BCUT2D eigenvalue weighted by Crippen LogP contribution is 2.20. The fraction of sp³-hybridized carbons (Fsp3) is 0.0667. The van der Waals surface area contributed by atoms with Gasteiger partial charge in [-0.1, -0.05) is 27.5 Å². The average molecular weight is 411 g/mol. The molecule has 122 valence electrons. The van der Waals surface area contributed by atoms with E-state index < -0.39 is 11.7 Å². The van der Waals surface area contributed by atoms with Crippen LogP contribution in [0.3, 0.4) is 0 Å². The van der Waals surface area contributed by atoms with Crippen LogP contribution in [-0.4, -0.2) is 26.1 Å². The molecule has 0 aliphatic rings. The molecule has 0 unspecified atom stereocenters. The van der Waals surface area contributed by atoms with Crippen molar-refractivity contribution in [3.05, 3.63) is 57.8 Å². The molecule has 0 saturated carbocycles. The van der Waals surface area contributed by atoms with Gasteiger partial charge >= 0.3 is 0 Å². The molecule has 0 atom stereocenters. The second kappa shape index (κ2) is 7.06.